The van der Waals surface area contributed by atoms with E-state index in [1.807, 2.05) is 0 Å². The van der Waals surface area contributed by atoms with E-state index in [-0.39, 0.29) is 29.9 Å². The molecule has 1 aromatic carbocycles. The molecule has 5 heteroatoms. The van der Waals surface area contributed by atoms with Crippen LogP contribution in [-0.2, 0) is 24.2 Å². The lowest BCUT2D eigenvalue weighted by molar-refractivity contribution is -1.08. The number of hydrogen-bond acceptors (Lipinski definition) is 1. The topological polar surface area (TPSA) is 43.1 Å². The zero-order valence-electron chi connectivity index (χ0n) is 13.8. The number of nitrogens with zero attached hydrogens (tertiary/aromatic N) is 2. The van der Waals surface area contributed by atoms with Crippen molar-refractivity contribution < 1.29 is 37.7 Å². The first kappa shape index (κ1) is 17.2. The van der Waals surface area contributed by atoms with Crippen molar-refractivity contribution in [3.8, 4) is 0 Å². The van der Waals surface area contributed by atoms with E-state index in [9.17, 15) is 4.79 Å². The van der Waals surface area contributed by atoms with E-state index < -0.39 is 0 Å². The molecule has 5 rings (SSSR count). The first-order valence-corrected chi connectivity index (χ1v) is 8.67. The largest absolute Gasteiger partial charge is 1.00 e. The van der Waals surface area contributed by atoms with Gasteiger partial charge in [-0.2, -0.15) is 0 Å². The van der Waals surface area contributed by atoms with Gasteiger partial charge in [0.05, 0.1) is 0 Å². The number of halogens is 1. The van der Waals surface area contributed by atoms with E-state index in [1.54, 1.807) is 11.1 Å². The predicted octanol–water partition coefficient (Wildman–Crippen LogP) is -2.17. The highest BCUT2D eigenvalue weighted by atomic mass is 127. The number of quaternary nitrogens is 2. The summed E-state index contributed by atoms with van der Waals surface area (Å²) in [4.78, 5) is 11.3. The molecule has 126 valence electrons. The number of primary amides is 1. The summed E-state index contributed by atoms with van der Waals surface area (Å²) in [7, 11) is 0. The van der Waals surface area contributed by atoms with Gasteiger partial charge in [0.15, 0.2) is 6.54 Å². The Morgan fingerprint density at radius 1 is 0.957 bits per heavy atom. The smallest absolute Gasteiger partial charge is 0.272 e. The van der Waals surface area contributed by atoms with Crippen molar-refractivity contribution in [2.75, 3.05) is 45.8 Å². The van der Waals surface area contributed by atoms with Crippen molar-refractivity contribution in [1.29, 1.82) is 0 Å². The Labute approximate surface area is 155 Å². The molecule has 0 spiro atoms. The SMILES string of the molecule is NC(=O)C[N+]12CC[N+](Cc3ccc4c(c3)CCC4)(CC1)CC2.[I-]. The van der Waals surface area contributed by atoms with Crippen LogP contribution in [0.25, 0.3) is 0 Å². The summed E-state index contributed by atoms with van der Waals surface area (Å²) < 4.78 is 2.16. The third-order valence-corrected chi connectivity index (χ3v) is 6.32. The zero-order valence-corrected chi connectivity index (χ0v) is 15.9. The molecule has 1 amide bonds. The van der Waals surface area contributed by atoms with Gasteiger partial charge in [0, 0.05) is 5.56 Å². The monoisotopic (exact) mass is 428 g/mol. The Bertz CT molecular complexity index is 592. The van der Waals surface area contributed by atoms with Gasteiger partial charge < -0.3 is 38.7 Å². The van der Waals surface area contributed by atoms with Crippen LogP contribution < -0.4 is 29.7 Å². The third kappa shape index (κ3) is 3.28. The Balaban J connectivity index is 0.00000156. The molecule has 0 atom stereocenters. The summed E-state index contributed by atoms with van der Waals surface area (Å²) in [6.07, 6.45) is 3.86. The lowest BCUT2D eigenvalue weighted by Crippen LogP contribution is -3.00. The van der Waals surface area contributed by atoms with Crippen molar-refractivity contribution in [2.24, 2.45) is 5.73 Å². The molecule has 0 radical (unpaired) electrons. The van der Waals surface area contributed by atoms with Gasteiger partial charge in [0.25, 0.3) is 5.91 Å². The van der Waals surface area contributed by atoms with Crippen LogP contribution in [0.15, 0.2) is 18.2 Å². The quantitative estimate of drug-likeness (QED) is 0.431. The minimum atomic E-state index is -0.138. The molecule has 0 unspecified atom stereocenters. The van der Waals surface area contributed by atoms with Crippen LogP contribution in [0.2, 0.25) is 0 Å². The highest BCUT2D eigenvalue weighted by Gasteiger charge is 2.49. The van der Waals surface area contributed by atoms with Crippen LogP contribution in [0, 0.1) is 0 Å². The number of piperazine rings is 3. The fourth-order valence-corrected chi connectivity index (χ4v) is 4.86. The van der Waals surface area contributed by atoms with Gasteiger partial charge in [0.2, 0.25) is 0 Å². The predicted molar refractivity (Wildman–Crippen MR) is 86.0 cm³/mol. The van der Waals surface area contributed by atoms with Crippen molar-refractivity contribution in [3.05, 3.63) is 34.9 Å². The summed E-state index contributed by atoms with van der Waals surface area (Å²) in [6, 6.07) is 7.17. The standard InChI is InChI=1S/C18H26N3O.HI/c19-18(22)14-21-9-6-20(7-10-21,8-11-21)13-15-4-5-16-2-1-3-17(16)12-15;/h4-5,12H,1-3,6-11,13-14H2,(H-,19,22);1H/q+1;. The first-order valence-electron chi connectivity index (χ1n) is 8.67. The van der Waals surface area contributed by atoms with E-state index >= 15 is 0 Å². The molecule has 4 nitrogen and oxygen atoms in total. The Morgan fingerprint density at radius 3 is 2.22 bits per heavy atom. The number of benzene rings is 1. The van der Waals surface area contributed by atoms with Gasteiger partial charge in [-0.1, -0.05) is 12.1 Å². The van der Waals surface area contributed by atoms with Crippen LogP contribution in [0.4, 0.5) is 0 Å². The van der Waals surface area contributed by atoms with Gasteiger partial charge >= 0.3 is 0 Å². The molecule has 2 N–H and O–H groups in total. The molecule has 3 saturated heterocycles. The Kier molecular flexibility index (Phi) is 4.73. The minimum Gasteiger partial charge on any atom is -1.00 e. The van der Waals surface area contributed by atoms with E-state index in [0.29, 0.717) is 6.54 Å². The van der Waals surface area contributed by atoms with Crippen molar-refractivity contribution in [1.82, 2.24) is 0 Å². The first-order chi connectivity index (χ1) is 10.6. The number of fused-ring (bicyclic) bond motifs is 4. The van der Waals surface area contributed by atoms with Crippen LogP contribution in [0.1, 0.15) is 23.1 Å². The lowest BCUT2D eigenvalue weighted by Gasteiger charge is -2.55. The molecule has 3 heterocycles. The van der Waals surface area contributed by atoms with E-state index in [4.69, 9.17) is 5.73 Å². The van der Waals surface area contributed by atoms with Crippen LogP contribution >= 0.6 is 0 Å². The zero-order chi connectivity index (χ0) is 15.2. The molecule has 0 saturated carbocycles. The van der Waals surface area contributed by atoms with E-state index in [0.717, 1.165) is 24.1 Å². The second-order valence-corrected chi connectivity index (χ2v) is 7.76. The third-order valence-electron chi connectivity index (χ3n) is 6.32. The fourth-order valence-electron chi connectivity index (χ4n) is 4.86. The number of nitrogens with two attached hydrogens (primary N) is 1. The van der Waals surface area contributed by atoms with Crippen molar-refractivity contribution in [3.63, 3.8) is 0 Å². The molecule has 0 aromatic heterocycles. The van der Waals surface area contributed by atoms with Gasteiger partial charge in [0.1, 0.15) is 45.8 Å². The second kappa shape index (κ2) is 6.33. The number of amides is 1. The summed E-state index contributed by atoms with van der Waals surface area (Å²) in [6.45, 7) is 8.66. The van der Waals surface area contributed by atoms with E-state index in [2.05, 4.69) is 18.2 Å². The number of carbonyl (C=O) groups is 1. The minimum absolute atomic E-state index is 0. The number of aryl methyl sites for hydroxylation is 2. The molecule has 2 bridgehead atoms. The van der Waals surface area contributed by atoms with Gasteiger partial charge in [-0.05, 0) is 36.5 Å². The average Bonchev–Trinajstić information content (AvgIpc) is 2.96. The highest BCUT2D eigenvalue weighted by molar-refractivity contribution is 5.74. The number of rotatable bonds is 4. The second-order valence-electron chi connectivity index (χ2n) is 7.76. The Hall–Kier alpha value is -0.660. The molecule has 1 aliphatic carbocycles. The van der Waals surface area contributed by atoms with Gasteiger partial charge in [-0.15, -0.1) is 0 Å². The molecule has 1 aromatic rings. The molecule has 3 aliphatic heterocycles. The summed E-state index contributed by atoms with van der Waals surface area (Å²) in [5, 5.41) is 0. The summed E-state index contributed by atoms with van der Waals surface area (Å²) >= 11 is 0. The summed E-state index contributed by atoms with van der Waals surface area (Å²) in [5.74, 6) is -0.138. The van der Waals surface area contributed by atoms with Gasteiger partial charge in [-0.25, -0.2) is 0 Å². The maximum absolute atomic E-state index is 11.3. The normalized spacial score (nSPS) is 31.5. The maximum atomic E-state index is 11.3. The van der Waals surface area contributed by atoms with Crippen LogP contribution in [0.5, 0.6) is 0 Å². The maximum Gasteiger partial charge on any atom is 0.272 e. The molecule has 23 heavy (non-hydrogen) atoms. The lowest BCUT2D eigenvalue weighted by atomic mass is 10.0. The fraction of sp³-hybridized carbons (Fsp3) is 0.611. The number of hydrogen-bond donors (Lipinski definition) is 1. The van der Waals surface area contributed by atoms with Crippen molar-refractivity contribution >= 4 is 5.91 Å². The molecular formula is C18H27IN3O+. The summed E-state index contributed by atoms with van der Waals surface area (Å²) in [5.41, 5.74) is 10.1. The van der Waals surface area contributed by atoms with Crippen molar-refractivity contribution in [2.45, 2.75) is 25.8 Å². The van der Waals surface area contributed by atoms with E-state index in [1.165, 1.54) is 55.5 Å². The highest BCUT2D eigenvalue weighted by Crippen LogP contribution is 2.30. The van der Waals surface area contributed by atoms with Gasteiger partial charge in [-0.3, -0.25) is 4.79 Å². The molecule has 3 fully saturated rings. The average molecular weight is 428 g/mol. The van der Waals surface area contributed by atoms with Crippen LogP contribution in [-0.4, -0.2) is 60.7 Å². The number of carbonyl (C=O) groups excluding carboxylic acids is 1. The molecule has 4 aliphatic rings. The Morgan fingerprint density at radius 2 is 1.57 bits per heavy atom. The van der Waals surface area contributed by atoms with Crippen LogP contribution in [0.3, 0.4) is 0 Å². The molecular weight excluding hydrogens is 401 g/mol.